The number of hydrogen-bond acceptors (Lipinski definition) is 7. The maximum absolute atomic E-state index is 12.8. The second-order valence-electron chi connectivity index (χ2n) is 8.50. The van der Waals surface area contributed by atoms with Gasteiger partial charge in [0, 0.05) is 63.2 Å². The quantitative estimate of drug-likeness (QED) is 0.598. The summed E-state index contributed by atoms with van der Waals surface area (Å²) in [7, 11) is -1.55. The van der Waals surface area contributed by atoms with Gasteiger partial charge in [0.1, 0.15) is 11.3 Å². The van der Waals surface area contributed by atoms with E-state index in [9.17, 15) is 18.0 Å². The number of sulfonamides is 1. The topological polar surface area (TPSA) is 118 Å². The van der Waals surface area contributed by atoms with Gasteiger partial charge >= 0.3 is 0 Å². The van der Waals surface area contributed by atoms with E-state index in [-0.39, 0.29) is 17.5 Å². The second-order valence-corrected chi connectivity index (χ2v) is 10.5. The molecule has 1 aliphatic rings. The van der Waals surface area contributed by atoms with E-state index >= 15 is 0 Å². The van der Waals surface area contributed by atoms with Gasteiger partial charge in [0.15, 0.2) is 0 Å². The first-order valence-electron chi connectivity index (χ1n) is 10.6. The molecule has 3 aromatic heterocycles. The smallest absolute Gasteiger partial charge is 0.261 e. The molecule has 0 unspecified atom stereocenters. The molecule has 1 atom stereocenters. The summed E-state index contributed by atoms with van der Waals surface area (Å²) in [4.78, 5) is 30.6. The van der Waals surface area contributed by atoms with Crippen molar-refractivity contribution in [1.29, 1.82) is 0 Å². The van der Waals surface area contributed by atoms with Crippen LogP contribution in [-0.2, 0) is 28.4 Å². The van der Waals surface area contributed by atoms with Crippen LogP contribution < -0.4 is 10.9 Å². The molecule has 33 heavy (non-hydrogen) atoms. The van der Waals surface area contributed by atoms with Gasteiger partial charge in [0.2, 0.25) is 15.9 Å². The lowest BCUT2D eigenvalue weighted by Gasteiger charge is -2.38. The minimum absolute atomic E-state index is 0.00234. The van der Waals surface area contributed by atoms with Crippen molar-refractivity contribution in [2.24, 2.45) is 7.05 Å². The van der Waals surface area contributed by atoms with Crippen molar-refractivity contribution in [3.8, 4) is 11.1 Å². The number of nitrogens with one attached hydrogen (secondary N) is 1. The fraction of sp³-hybridized carbons (Fsp3) is 0.409. The van der Waals surface area contributed by atoms with Crippen LogP contribution in [0.15, 0.2) is 39.9 Å². The summed E-state index contributed by atoms with van der Waals surface area (Å²) in [6.45, 7) is 5.25. The highest BCUT2D eigenvalue weighted by Gasteiger charge is 2.29. The highest BCUT2D eigenvalue weighted by atomic mass is 32.2. The van der Waals surface area contributed by atoms with Crippen LogP contribution in [0.25, 0.3) is 22.1 Å². The lowest BCUT2D eigenvalue weighted by Crippen LogP contribution is -2.52. The number of carbonyl (C=O) groups excluding carboxylic acids is 1. The summed E-state index contributed by atoms with van der Waals surface area (Å²) in [5.74, 6) is 0.421. The fourth-order valence-corrected chi connectivity index (χ4v) is 5.04. The predicted molar refractivity (Wildman–Crippen MR) is 125 cm³/mol. The molecule has 1 saturated heterocycles. The summed E-state index contributed by atoms with van der Waals surface area (Å²) in [5.41, 5.74) is 2.22. The van der Waals surface area contributed by atoms with Gasteiger partial charge in [-0.2, -0.15) is 4.31 Å². The number of pyridine rings is 2. The molecule has 0 radical (unpaired) electrons. The molecule has 1 amide bonds. The van der Waals surface area contributed by atoms with Crippen LogP contribution in [0.4, 0.5) is 5.69 Å². The van der Waals surface area contributed by atoms with Crippen molar-refractivity contribution >= 4 is 32.6 Å². The number of hydrogen-bond donors (Lipinski definition) is 1. The second kappa shape index (κ2) is 8.73. The number of rotatable bonds is 5. The van der Waals surface area contributed by atoms with Crippen LogP contribution in [-0.4, -0.2) is 65.0 Å². The van der Waals surface area contributed by atoms with E-state index in [0.717, 1.165) is 0 Å². The highest BCUT2D eigenvalue weighted by molar-refractivity contribution is 7.88. The third-order valence-corrected chi connectivity index (χ3v) is 7.10. The molecule has 0 aromatic carbocycles. The number of carbonyl (C=O) groups is 1. The molecule has 11 heteroatoms. The molecular weight excluding hydrogens is 446 g/mol. The summed E-state index contributed by atoms with van der Waals surface area (Å²) in [5, 5.41) is 3.17. The van der Waals surface area contributed by atoms with E-state index in [1.165, 1.54) is 22.1 Å². The van der Waals surface area contributed by atoms with Crippen molar-refractivity contribution < 1.29 is 17.6 Å². The Labute approximate surface area is 191 Å². The summed E-state index contributed by atoms with van der Waals surface area (Å²) < 4.78 is 32.9. The predicted octanol–water partition coefficient (Wildman–Crippen LogP) is 1.62. The Kier molecular flexibility index (Phi) is 6.12. The summed E-state index contributed by atoms with van der Waals surface area (Å²) >= 11 is 0. The van der Waals surface area contributed by atoms with Crippen LogP contribution in [0.2, 0.25) is 0 Å². The van der Waals surface area contributed by atoms with Crippen LogP contribution >= 0.6 is 0 Å². The Hall–Kier alpha value is -3.02. The Morgan fingerprint density at radius 2 is 2.03 bits per heavy atom. The van der Waals surface area contributed by atoms with Crippen molar-refractivity contribution in [1.82, 2.24) is 18.8 Å². The van der Waals surface area contributed by atoms with Gasteiger partial charge in [0.25, 0.3) is 5.56 Å². The van der Waals surface area contributed by atoms with Crippen LogP contribution in [0, 0.1) is 0 Å². The molecule has 0 aliphatic carbocycles. The van der Waals surface area contributed by atoms with Crippen molar-refractivity contribution in [3.63, 3.8) is 0 Å². The lowest BCUT2D eigenvalue weighted by atomic mass is 10.1. The SMILES string of the molecule is CC(=O)Nc1cncc(-c2cn(C)c(=O)c3cc(CN4CCN(S(C)(=O)=O)C[C@H]4C)oc23)c1. The number of piperazine rings is 1. The first-order chi connectivity index (χ1) is 15.5. The molecule has 10 nitrogen and oxygen atoms in total. The maximum atomic E-state index is 12.8. The zero-order valence-corrected chi connectivity index (χ0v) is 19.8. The van der Waals surface area contributed by atoms with Crippen molar-refractivity contribution in [2.45, 2.75) is 26.4 Å². The van der Waals surface area contributed by atoms with Crippen LogP contribution in [0.5, 0.6) is 0 Å². The van der Waals surface area contributed by atoms with Crippen LogP contribution in [0.3, 0.4) is 0 Å². The molecule has 1 N–H and O–H groups in total. The largest absolute Gasteiger partial charge is 0.459 e. The zero-order chi connectivity index (χ0) is 23.9. The van der Waals surface area contributed by atoms with Gasteiger partial charge in [-0.25, -0.2) is 8.42 Å². The molecule has 1 fully saturated rings. The standard InChI is InChI=1S/C22H27N5O5S/c1-14-11-27(33(4,30)31)6-5-26(14)12-18-8-19-21(32-18)20(13-25(3)22(19)29)16-7-17(10-23-9-16)24-15(2)28/h7-10,13-14H,5-6,11-12H2,1-4H3,(H,24,28)/t14-/m1/s1. The molecule has 0 saturated carbocycles. The van der Waals surface area contributed by atoms with Crippen molar-refractivity contribution in [2.75, 3.05) is 31.2 Å². The highest BCUT2D eigenvalue weighted by Crippen LogP contribution is 2.31. The minimum atomic E-state index is -3.23. The van der Waals surface area contributed by atoms with Gasteiger partial charge in [-0.05, 0) is 19.1 Å². The third kappa shape index (κ3) is 4.85. The molecule has 0 spiro atoms. The van der Waals surface area contributed by atoms with E-state index in [4.69, 9.17) is 4.42 Å². The number of aryl methyl sites for hydroxylation is 1. The van der Waals surface area contributed by atoms with E-state index in [1.54, 1.807) is 37.8 Å². The molecule has 4 rings (SSSR count). The molecule has 0 bridgehead atoms. The Morgan fingerprint density at radius 3 is 2.70 bits per heavy atom. The normalized spacial score (nSPS) is 18.0. The van der Waals surface area contributed by atoms with Crippen LogP contribution in [0.1, 0.15) is 19.6 Å². The number of furan rings is 1. The average molecular weight is 474 g/mol. The third-order valence-electron chi connectivity index (χ3n) is 5.83. The number of nitrogens with zero attached hydrogens (tertiary/aromatic N) is 4. The number of aromatic nitrogens is 2. The fourth-order valence-electron chi connectivity index (χ4n) is 4.14. The van der Waals surface area contributed by atoms with Gasteiger partial charge < -0.3 is 14.3 Å². The van der Waals surface area contributed by atoms with Crippen molar-refractivity contribution in [3.05, 3.63) is 46.8 Å². The lowest BCUT2D eigenvalue weighted by molar-refractivity contribution is -0.114. The van der Waals surface area contributed by atoms with Gasteiger partial charge in [0.05, 0.1) is 30.1 Å². The summed E-state index contributed by atoms with van der Waals surface area (Å²) in [6, 6.07) is 3.53. The van der Waals surface area contributed by atoms with E-state index in [2.05, 4.69) is 15.2 Å². The first-order valence-corrected chi connectivity index (χ1v) is 12.4. The van der Waals surface area contributed by atoms with E-state index < -0.39 is 10.0 Å². The molecule has 1 aliphatic heterocycles. The number of fused-ring (bicyclic) bond motifs is 1. The van der Waals surface area contributed by atoms with Gasteiger partial charge in [-0.15, -0.1) is 0 Å². The average Bonchev–Trinajstić information content (AvgIpc) is 3.15. The first kappa shape index (κ1) is 23.1. The van der Waals surface area contributed by atoms with E-state index in [1.807, 2.05) is 6.92 Å². The zero-order valence-electron chi connectivity index (χ0n) is 19.0. The Morgan fingerprint density at radius 1 is 1.27 bits per heavy atom. The number of anilines is 1. The number of amides is 1. The maximum Gasteiger partial charge on any atom is 0.261 e. The van der Waals surface area contributed by atoms with Gasteiger partial charge in [-0.3, -0.25) is 19.5 Å². The summed E-state index contributed by atoms with van der Waals surface area (Å²) in [6.07, 6.45) is 6.12. The molecular formula is C22H27N5O5S. The van der Waals surface area contributed by atoms with E-state index in [0.29, 0.717) is 59.7 Å². The minimum Gasteiger partial charge on any atom is -0.459 e. The molecule has 4 heterocycles. The molecule has 176 valence electrons. The molecule has 3 aromatic rings. The monoisotopic (exact) mass is 473 g/mol. The Balaban J connectivity index is 1.68. The Bertz CT molecular complexity index is 1380. The van der Waals surface area contributed by atoms with Gasteiger partial charge in [-0.1, -0.05) is 0 Å².